The van der Waals surface area contributed by atoms with Gasteiger partial charge in [-0.25, -0.2) is 9.97 Å². The highest BCUT2D eigenvalue weighted by molar-refractivity contribution is 6.14. The second-order valence-corrected chi connectivity index (χ2v) is 11.8. The second kappa shape index (κ2) is 21.4. The molecule has 0 aliphatic carbocycles. The number of benzene rings is 3. The maximum Gasteiger partial charge on any atom is 0.419 e. The number of rotatable bonds is 12. The van der Waals surface area contributed by atoms with E-state index < -0.39 is 11.7 Å². The van der Waals surface area contributed by atoms with E-state index in [0.29, 0.717) is 42.2 Å². The monoisotopic (exact) mass is 749 g/mol. The predicted molar refractivity (Wildman–Crippen MR) is 207 cm³/mol. The number of aromatic nitrogens is 2. The summed E-state index contributed by atoms with van der Waals surface area (Å²) in [6.45, 7) is 12.7. The number of carbonyl (C=O) groups is 2. The van der Waals surface area contributed by atoms with Gasteiger partial charge in [-0.05, 0) is 79.7 Å². The van der Waals surface area contributed by atoms with E-state index >= 15 is 0 Å². The maximum atomic E-state index is 13.3. The highest BCUT2D eigenvalue weighted by atomic mass is 19.4. The Bertz CT molecular complexity index is 1800. The number of methoxy groups -OCH3 is 2. The van der Waals surface area contributed by atoms with Crippen LogP contribution in [0.5, 0.6) is 5.75 Å². The van der Waals surface area contributed by atoms with Gasteiger partial charge in [-0.1, -0.05) is 26.8 Å². The molecule has 1 aliphatic heterocycles. The number of hydrogen-bond acceptors (Lipinski definition) is 9. The molecule has 0 saturated carbocycles. The molecule has 0 unspecified atom stereocenters. The smallest absolute Gasteiger partial charge is 0.419 e. The number of aliphatic imine (C=N–C) groups is 1. The Morgan fingerprint density at radius 2 is 1.65 bits per heavy atom. The number of amides is 2. The van der Waals surface area contributed by atoms with Gasteiger partial charge in [-0.2, -0.15) is 13.2 Å². The van der Waals surface area contributed by atoms with Crippen molar-refractivity contribution in [3.05, 3.63) is 101 Å². The fraction of sp³-hybridized carbons (Fsp3) is 0.375. The molecule has 2 amide bonds. The van der Waals surface area contributed by atoms with E-state index in [1.54, 1.807) is 37.7 Å². The molecule has 11 nitrogen and oxygen atoms in total. The quantitative estimate of drug-likeness (QED) is 0.0957. The summed E-state index contributed by atoms with van der Waals surface area (Å²) in [6.07, 6.45) is -0.514. The molecular formula is C40H50F3N7O4. The standard InChI is InChI=1S/C20H27N5O2.C18H17F3N2O2.C2H6/c1-3-23(16-27-2)15-19(26)25-13-11-24(12-14-25)18-7-5-17(6-8-18)20-21-9-4-10-22-20;1-11-4-6-13(23-10-24)9-14(11)17(22-2)12-5-7-16(25-3)15(8-12)18(19,20)21;1-2/h4-10H,3,11-16H2,1-2H3;4-10H,1-3H3,(H,23,24);1-2H3. The molecule has 1 N–H and O–H groups in total. The van der Waals surface area contributed by atoms with E-state index in [0.717, 1.165) is 61.4 Å². The van der Waals surface area contributed by atoms with Crippen molar-refractivity contribution in [2.75, 3.05) is 77.5 Å². The third-order valence-electron chi connectivity index (χ3n) is 8.53. The molecule has 3 aromatic carbocycles. The first-order valence-electron chi connectivity index (χ1n) is 17.7. The SMILES string of the molecule is CC.CCN(COC)CC(=O)N1CCN(c2ccc(-c3ncccn3)cc2)CC1.CN=C(c1ccc(OC)c(C(F)(F)F)c1)c1cc(NC=O)ccc1C. The Balaban J connectivity index is 0.000000279. The molecule has 1 aromatic heterocycles. The molecule has 14 heteroatoms. The van der Waals surface area contributed by atoms with Crippen LogP contribution in [0.1, 0.15) is 43.0 Å². The Labute approximate surface area is 315 Å². The minimum Gasteiger partial charge on any atom is -0.496 e. The van der Waals surface area contributed by atoms with Crippen molar-refractivity contribution in [3.8, 4) is 17.1 Å². The summed E-state index contributed by atoms with van der Waals surface area (Å²) in [5, 5.41) is 2.52. The average molecular weight is 750 g/mol. The molecule has 290 valence electrons. The first-order chi connectivity index (χ1) is 26.0. The van der Waals surface area contributed by atoms with Crippen LogP contribution in [0.3, 0.4) is 0 Å². The van der Waals surface area contributed by atoms with Crippen LogP contribution in [0, 0.1) is 6.92 Å². The number of carbonyl (C=O) groups excluding carboxylic acids is 2. The van der Waals surface area contributed by atoms with Crippen LogP contribution >= 0.6 is 0 Å². The molecule has 1 fully saturated rings. The largest absolute Gasteiger partial charge is 0.496 e. The number of nitrogens with zero attached hydrogens (tertiary/aromatic N) is 6. The van der Waals surface area contributed by atoms with Gasteiger partial charge in [0.15, 0.2) is 5.82 Å². The Kier molecular flexibility index (Phi) is 17.1. The van der Waals surface area contributed by atoms with Crippen LogP contribution in [0.15, 0.2) is 84.1 Å². The van der Waals surface area contributed by atoms with Gasteiger partial charge in [0.2, 0.25) is 12.3 Å². The second-order valence-electron chi connectivity index (χ2n) is 11.8. The van der Waals surface area contributed by atoms with E-state index in [1.807, 2.05) is 55.7 Å². The van der Waals surface area contributed by atoms with E-state index in [1.165, 1.54) is 26.3 Å². The van der Waals surface area contributed by atoms with Gasteiger partial charge < -0.3 is 24.6 Å². The van der Waals surface area contributed by atoms with Crippen molar-refractivity contribution in [3.63, 3.8) is 0 Å². The Morgan fingerprint density at radius 1 is 0.981 bits per heavy atom. The number of hydrogen-bond donors (Lipinski definition) is 1. The lowest BCUT2D eigenvalue weighted by molar-refractivity contribution is -0.138. The van der Waals surface area contributed by atoms with Crippen molar-refractivity contribution < 1.29 is 32.2 Å². The van der Waals surface area contributed by atoms with Gasteiger partial charge in [0.05, 0.1) is 31.7 Å². The number of anilines is 2. The summed E-state index contributed by atoms with van der Waals surface area (Å²) < 4.78 is 49.7. The van der Waals surface area contributed by atoms with Gasteiger partial charge in [-0.3, -0.25) is 19.5 Å². The molecule has 0 spiro atoms. The summed E-state index contributed by atoms with van der Waals surface area (Å²) >= 11 is 0. The third kappa shape index (κ3) is 11.8. The van der Waals surface area contributed by atoms with Crippen molar-refractivity contribution >= 4 is 29.4 Å². The zero-order chi connectivity index (χ0) is 39.7. The van der Waals surface area contributed by atoms with Crippen molar-refractivity contribution in [1.82, 2.24) is 19.8 Å². The van der Waals surface area contributed by atoms with Crippen LogP contribution in [-0.4, -0.2) is 105 Å². The molecular weight excluding hydrogens is 699 g/mol. The van der Waals surface area contributed by atoms with Crippen LogP contribution in [0.4, 0.5) is 24.5 Å². The lowest BCUT2D eigenvalue weighted by atomic mass is 9.96. The number of likely N-dealkylation sites (N-methyl/N-ethyl adjacent to an activating group) is 1. The summed E-state index contributed by atoms with van der Waals surface area (Å²) in [7, 11) is 4.35. The number of alkyl halides is 3. The highest BCUT2D eigenvalue weighted by Crippen LogP contribution is 2.37. The van der Waals surface area contributed by atoms with Gasteiger partial charge >= 0.3 is 6.18 Å². The van der Waals surface area contributed by atoms with E-state index in [-0.39, 0.29) is 11.7 Å². The summed E-state index contributed by atoms with van der Waals surface area (Å²) in [6, 6.07) is 19.1. The number of piperazine rings is 1. The van der Waals surface area contributed by atoms with Crippen LogP contribution in [-0.2, 0) is 20.5 Å². The van der Waals surface area contributed by atoms with E-state index in [2.05, 4.69) is 37.3 Å². The molecule has 1 saturated heterocycles. The van der Waals surface area contributed by atoms with Crippen LogP contribution in [0.25, 0.3) is 11.4 Å². The highest BCUT2D eigenvalue weighted by Gasteiger charge is 2.35. The predicted octanol–water partition coefficient (Wildman–Crippen LogP) is 6.80. The summed E-state index contributed by atoms with van der Waals surface area (Å²) in [4.78, 5) is 42.1. The minimum absolute atomic E-state index is 0.171. The first kappa shape index (κ1) is 43.1. The molecule has 1 aliphatic rings. The van der Waals surface area contributed by atoms with Crippen molar-refractivity contribution in [2.24, 2.45) is 4.99 Å². The lowest BCUT2D eigenvalue weighted by Gasteiger charge is -2.37. The minimum atomic E-state index is -4.55. The number of nitrogens with one attached hydrogen (secondary N) is 1. The first-order valence-corrected chi connectivity index (χ1v) is 17.7. The van der Waals surface area contributed by atoms with E-state index in [9.17, 15) is 22.8 Å². The van der Waals surface area contributed by atoms with Crippen LogP contribution in [0.2, 0.25) is 0 Å². The van der Waals surface area contributed by atoms with Gasteiger partial charge in [0, 0.05) is 80.8 Å². The van der Waals surface area contributed by atoms with Gasteiger partial charge in [0.1, 0.15) is 5.75 Å². The summed E-state index contributed by atoms with van der Waals surface area (Å²) in [5.41, 5.74) is 3.98. The Hall–Kier alpha value is -5.34. The molecule has 0 radical (unpaired) electrons. The average Bonchev–Trinajstić information content (AvgIpc) is 3.20. The molecule has 4 aromatic rings. The normalized spacial score (nSPS) is 13.0. The van der Waals surface area contributed by atoms with Crippen molar-refractivity contribution in [1.29, 1.82) is 0 Å². The molecule has 0 atom stereocenters. The van der Waals surface area contributed by atoms with Gasteiger partial charge in [0.25, 0.3) is 0 Å². The van der Waals surface area contributed by atoms with Crippen LogP contribution < -0.4 is 15.0 Å². The topological polar surface area (TPSA) is 112 Å². The number of ether oxygens (including phenoxy) is 2. The van der Waals surface area contributed by atoms with Crippen molar-refractivity contribution in [2.45, 2.75) is 33.9 Å². The number of aryl methyl sites for hydroxylation is 1. The maximum absolute atomic E-state index is 13.3. The molecule has 2 heterocycles. The molecule has 5 rings (SSSR count). The fourth-order valence-corrected chi connectivity index (χ4v) is 5.72. The molecule has 54 heavy (non-hydrogen) atoms. The zero-order valence-corrected chi connectivity index (χ0v) is 32.0. The van der Waals surface area contributed by atoms with E-state index in [4.69, 9.17) is 9.47 Å². The summed E-state index contributed by atoms with van der Waals surface area (Å²) in [5.74, 6) is 0.654. The number of halogens is 3. The fourth-order valence-electron chi connectivity index (χ4n) is 5.72. The zero-order valence-electron chi connectivity index (χ0n) is 32.0. The third-order valence-corrected chi connectivity index (χ3v) is 8.53. The lowest BCUT2D eigenvalue weighted by Crippen LogP contribution is -2.51. The molecule has 0 bridgehead atoms. The van der Waals surface area contributed by atoms with Gasteiger partial charge in [-0.15, -0.1) is 0 Å². The Morgan fingerprint density at radius 3 is 2.20 bits per heavy atom.